The van der Waals surface area contributed by atoms with Gasteiger partial charge in [-0.25, -0.2) is 13.9 Å². The number of nitrogens with zero attached hydrogens (tertiary/aromatic N) is 4. The lowest BCUT2D eigenvalue weighted by atomic mass is 10.2. The molecule has 1 aliphatic rings. The SMILES string of the molecule is Nc1ccc(N[C@H]2CC[C@H](Nc3nc4cc(F)ccn4n3)C2)nc1. The highest BCUT2D eigenvalue weighted by atomic mass is 19.1. The van der Waals surface area contributed by atoms with Crippen molar-refractivity contribution in [2.75, 3.05) is 16.4 Å². The van der Waals surface area contributed by atoms with Gasteiger partial charge >= 0.3 is 0 Å². The van der Waals surface area contributed by atoms with Gasteiger partial charge in [-0.15, -0.1) is 5.10 Å². The van der Waals surface area contributed by atoms with Crippen molar-refractivity contribution in [2.45, 2.75) is 31.3 Å². The fraction of sp³-hybridized carbons (Fsp3) is 0.312. The van der Waals surface area contributed by atoms with Crippen LogP contribution in [0.5, 0.6) is 0 Å². The number of hydrogen-bond donors (Lipinski definition) is 3. The van der Waals surface area contributed by atoms with Crippen LogP contribution in [-0.2, 0) is 0 Å². The third kappa shape index (κ3) is 3.08. The standard InChI is InChI=1S/C16H18FN7/c17-10-5-6-24-15(7-10)22-16(23-24)21-13-3-2-12(8-13)20-14-4-1-11(18)9-19-14/h1,4-7,9,12-13H,2-3,8,18H2,(H,19,20)(H,21,23)/t12-,13-/m0/s1. The zero-order valence-electron chi connectivity index (χ0n) is 13.0. The molecule has 4 rings (SSSR count). The van der Waals surface area contributed by atoms with E-state index in [-0.39, 0.29) is 11.9 Å². The van der Waals surface area contributed by atoms with Crippen molar-refractivity contribution in [1.29, 1.82) is 0 Å². The second-order valence-electron chi connectivity index (χ2n) is 6.06. The topological polar surface area (TPSA) is 93.2 Å². The number of aromatic nitrogens is 4. The molecule has 1 saturated carbocycles. The van der Waals surface area contributed by atoms with Crippen LogP contribution in [-0.4, -0.2) is 31.7 Å². The Hall–Kier alpha value is -2.90. The number of hydrogen-bond acceptors (Lipinski definition) is 6. The minimum atomic E-state index is -0.317. The maximum atomic E-state index is 13.2. The summed E-state index contributed by atoms with van der Waals surface area (Å²) in [5, 5.41) is 11.1. The van der Waals surface area contributed by atoms with Crippen molar-refractivity contribution >= 4 is 23.1 Å². The van der Waals surface area contributed by atoms with E-state index in [0.717, 1.165) is 25.1 Å². The lowest BCUT2D eigenvalue weighted by molar-refractivity contribution is 0.625. The molecule has 0 aromatic carbocycles. The first-order valence-corrected chi connectivity index (χ1v) is 7.92. The molecule has 0 aliphatic heterocycles. The molecule has 3 aromatic rings. The Morgan fingerprint density at radius 1 is 1.17 bits per heavy atom. The number of nitrogens with one attached hydrogen (secondary N) is 2. The number of nitrogen functional groups attached to an aromatic ring is 1. The summed E-state index contributed by atoms with van der Waals surface area (Å²) in [7, 11) is 0. The van der Waals surface area contributed by atoms with Crippen molar-refractivity contribution in [1.82, 2.24) is 19.6 Å². The molecule has 1 fully saturated rings. The highest BCUT2D eigenvalue weighted by molar-refractivity contribution is 5.45. The largest absolute Gasteiger partial charge is 0.397 e. The molecule has 3 heterocycles. The summed E-state index contributed by atoms with van der Waals surface area (Å²) in [6, 6.07) is 7.06. The van der Waals surface area contributed by atoms with Gasteiger partial charge in [0, 0.05) is 24.3 Å². The Bertz CT molecular complexity index is 845. The van der Waals surface area contributed by atoms with Gasteiger partial charge in [-0.1, -0.05) is 0 Å². The predicted molar refractivity (Wildman–Crippen MR) is 90.3 cm³/mol. The first-order chi connectivity index (χ1) is 11.7. The minimum Gasteiger partial charge on any atom is -0.397 e. The molecule has 4 N–H and O–H groups in total. The van der Waals surface area contributed by atoms with E-state index in [1.807, 2.05) is 12.1 Å². The highest BCUT2D eigenvalue weighted by Gasteiger charge is 2.25. The summed E-state index contributed by atoms with van der Waals surface area (Å²) in [5.41, 5.74) is 6.79. The molecule has 0 unspecified atom stereocenters. The predicted octanol–water partition coefficient (Wildman–Crippen LogP) is 2.29. The summed E-state index contributed by atoms with van der Waals surface area (Å²) < 4.78 is 14.8. The third-order valence-electron chi connectivity index (χ3n) is 4.20. The molecule has 0 amide bonds. The molecule has 2 atom stereocenters. The van der Waals surface area contributed by atoms with Gasteiger partial charge in [0.15, 0.2) is 5.65 Å². The summed E-state index contributed by atoms with van der Waals surface area (Å²) in [4.78, 5) is 8.58. The van der Waals surface area contributed by atoms with Crippen LogP contribution in [0.25, 0.3) is 5.65 Å². The number of nitrogens with two attached hydrogens (primary N) is 1. The molecule has 124 valence electrons. The van der Waals surface area contributed by atoms with Gasteiger partial charge < -0.3 is 16.4 Å². The number of rotatable bonds is 4. The second-order valence-corrected chi connectivity index (χ2v) is 6.06. The molecular formula is C16H18FN7. The maximum absolute atomic E-state index is 13.2. The quantitative estimate of drug-likeness (QED) is 0.681. The highest BCUT2D eigenvalue weighted by Crippen LogP contribution is 2.25. The van der Waals surface area contributed by atoms with Gasteiger partial charge in [0.1, 0.15) is 11.6 Å². The van der Waals surface area contributed by atoms with Crippen LogP contribution in [0.15, 0.2) is 36.7 Å². The third-order valence-corrected chi connectivity index (χ3v) is 4.20. The van der Waals surface area contributed by atoms with E-state index in [0.29, 0.717) is 23.3 Å². The molecule has 0 saturated heterocycles. The minimum absolute atomic E-state index is 0.276. The number of halogens is 1. The van der Waals surface area contributed by atoms with E-state index in [1.165, 1.54) is 12.1 Å². The van der Waals surface area contributed by atoms with Crippen LogP contribution < -0.4 is 16.4 Å². The number of pyridine rings is 2. The Kier molecular flexibility index (Phi) is 3.64. The van der Waals surface area contributed by atoms with Gasteiger partial charge in [0.2, 0.25) is 5.95 Å². The number of anilines is 3. The summed E-state index contributed by atoms with van der Waals surface area (Å²) in [6.07, 6.45) is 6.19. The zero-order valence-corrected chi connectivity index (χ0v) is 13.0. The molecule has 7 nitrogen and oxygen atoms in total. The van der Waals surface area contributed by atoms with Crippen molar-refractivity contribution in [2.24, 2.45) is 0 Å². The van der Waals surface area contributed by atoms with Crippen LogP contribution in [0.4, 0.5) is 21.8 Å². The Morgan fingerprint density at radius 2 is 2.00 bits per heavy atom. The monoisotopic (exact) mass is 327 g/mol. The Morgan fingerprint density at radius 3 is 2.79 bits per heavy atom. The average Bonchev–Trinajstić information content (AvgIpc) is 3.16. The normalized spacial score (nSPS) is 20.4. The van der Waals surface area contributed by atoms with E-state index in [4.69, 9.17) is 5.73 Å². The van der Waals surface area contributed by atoms with E-state index in [9.17, 15) is 4.39 Å². The van der Waals surface area contributed by atoms with E-state index in [1.54, 1.807) is 16.9 Å². The second kappa shape index (κ2) is 5.95. The van der Waals surface area contributed by atoms with E-state index >= 15 is 0 Å². The molecule has 3 aromatic heterocycles. The van der Waals surface area contributed by atoms with Gasteiger partial charge in [-0.05, 0) is 37.5 Å². The zero-order chi connectivity index (χ0) is 16.5. The summed E-state index contributed by atoms with van der Waals surface area (Å²) in [5.74, 6) is 1.04. The fourth-order valence-electron chi connectivity index (χ4n) is 3.04. The van der Waals surface area contributed by atoms with E-state index < -0.39 is 0 Å². The first kappa shape index (κ1) is 14.7. The molecule has 0 spiro atoms. The van der Waals surface area contributed by atoms with Crippen molar-refractivity contribution in [3.8, 4) is 0 Å². The molecule has 0 bridgehead atoms. The van der Waals surface area contributed by atoms with Crippen LogP contribution in [0.2, 0.25) is 0 Å². The Balaban J connectivity index is 1.38. The van der Waals surface area contributed by atoms with Crippen LogP contribution in [0.1, 0.15) is 19.3 Å². The molecule has 24 heavy (non-hydrogen) atoms. The van der Waals surface area contributed by atoms with E-state index in [2.05, 4.69) is 25.7 Å². The van der Waals surface area contributed by atoms with Gasteiger partial charge in [-0.3, -0.25) is 0 Å². The molecule has 1 aliphatic carbocycles. The van der Waals surface area contributed by atoms with Gasteiger partial charge in [0.25, 0.3) is 0 Å². The van der Waals surface area contributed by atoms with Crippen LogP contribution in [0, 0.1) is 5.82 Å². The molecular weight excluding hydrogens is 309 g/mol. The molecule has 0 radical (unpaired) electrons. The van der Waals surface area contributed by atoms with Crippen LogP contribution >= 0.6 is 0 Å². The van der Waals surface area contributed by atoms with Crippen molar-refractivity contribution in [3.05, 3.63) is 42.5 Å². The summed E-state index contributed by atoms with van der Waals surface area (Å²) >= 11 is 0. The van der Waals surface area contributed by atoms with Crippen molar-refractivity contribution < 1.29 is 4.39 Å². The maximum Gasteiger partial charge on any atom is 0.243 e. The molecule has 8 heteroatoms. The van der Waals surface area contributed by atoms with Crippen LogP contribution in [0.3, 0.4) is 0 Å². The van der Waals surface area contributed by atoms with Gasteiger partial charge in [-0.2, -0.15) is 4.98 Å². The lowest BCUT2D eigenvalue weighted by Gasteiger charge is -2.14. The Labute approximate surface area is 138 Å². The average molecular weight is 327 g/mol. The van der Waals surface area contributed by atoms with Gasteiger partial charge in [0.05, 0.1) is 11.9 Å². The smallest absolute Gasteiger partial charge is 0.243 e. The first-order valence-electron chi connectivity index (χ1n) is 7.92. The number of fused-ring (bicyclic) bond motifs is 1. The fourth-order valence-corrected chi connectivity index (χ4v) is 3.04. The summed E-state index contributed by atoms with van der Waals surface area (Å²) in [6.45, 7) is 0. The van der Waals surface area contributed by atoms with Crippen molar-refractivity contribution in [3.63, 3.8) is 0 Å². The lowest BCUT2D eigenvalue weighted by Crippen LogP contribution is -2.21.